The number of anilines is 3. The predicted molar refractivity (Wildman–Crippen MR) is 150 cm³/mol. The molecule has 0 unspecified atom stereocenters. The highest BCUT2D eigenvalue weighted by atomic mass is 19.4. The van der Waals surface area contributed by atoms with Crippen molar-refractivity contribution in [1.82, 2.24) is 20.2 Å². The van der Waals surface area contributed by atoms with Crippen molar-refractivity contribution < 1.29 is 32.2 Å². The number of halogens is 3. The van der Waals surface area contributed by atoms with Gasteiger partial charge in [-0.1, -0.05) is 12.1 Å². The van der Waals surface area contributed by atoms with Crippen molar-refractivity contribution in [2.24, 2.45) is 0 Å². The fourth-order valence-corrected chi connectivity index (χ4v) is 5.05. The topological polar surface area (TPSA) is 109 Å². The number of alkyl halides is 3. The van der Waals surface area contributed by atoms with Crippen molar-refractivity contribution in [3.05, 3.63) is 59.3 Å². The van der Waals surface area contributed by atoms with E-state index in [0.717, 1.165) is 31.5 Å². The zero-order valence-electron chi connectivity index (χ0n) is 23.4. The maximum Gasteiger partial charge on any atom is 0.423 e. The zero-order chi connectivity index (χ0) is 30.0. The summed E-state index contributed by atoms with van der Waals surface area (Å²) in [5.41, 5.74) is 0.706. The van der Waals surface area contributed by atoms with Crippen LogP contribution in [-0.4, -0.2) is 67.0 Å². The molecule has 0 aliphatic carbocycles. The van der Waals surface area contributed by atoms with Gasteiger partial charge in [0.2, 0.25) is 17.7 Å². The SMILES string of the molecule is COc1cc(C(=O)NC2CCN(C)CC2)ccc1Nc1ncc(C(F)(F)F)c(Oc2cccc3c2N(C)C(=O)CC3)n1. The van der Waals surface area contributed by atoms with E-state index in [2.05, 4.69) is 25.5 Å². The minimum Gasteiger partial charge on any atom is -0.495 e. The summed E-state index contributed by atoms with van der Waals surface area (Å²) in [5.74, 6) is -0.993. The lowest BCUT2D eigenvalue weighted by Gasteiger charge is -2.29. The van der Waals surface area contributed by atoms with Gasteiger partial charge in [0.15, 0.2) is 5.75 Å². The Morgan fingerprint density at radius 2 is 1.83 bits per heavy atom. The minimum atomic E-state index is -4.80. The number of aryl methyl sites for hydroxylation is 1. The smallest absolute Gasteiger partial charge is 0.423 e. The number of carbonyl (C=O) groups is 2. The number of likely N-dealkylation sites (tertiary alicyclic amines) is 1. The molecule has 1 fully saturated rings. The molecule has 0 spiro atoms. The standard InChI is InChI=1S/C29H31F3N6O4/c1-37-13-11-19(12-14-37)34-26(40)18-7-9-21(23(15-18)41-3)35-28-33-16-20(29(30,31)32)27(36-28)42-22-6-4-5-17-8-10-24(39)38(2)25(17)22/h4-7,9,15-16,19H,8,10-14H2,1-3H3,(H,34,40)(H,33,35,36). The van der Waals surface area contributed by atoms with Crippen LogP contribution in [0.25, 0.3) is 0 Å². The molecule has 42 heavy (non-hydrogen) atoms. The number of hydrogen-bond acceptors (Lipinski definition) is 8. The molecule has 222 valence electrons. The molecule has 0 atom stereocenters. The van der Waals surface area contributed by atoms with E-state index in [1.165, 1.54) is 24.1 Å². The molecule has 2 amide bonds. The Balaban J connectivity index is 1.40. The molecule has 10 nitrogen and oxygen atoms in total. The first-order valence-electron chi connectivity index (χ1n) is 13.5. The molecule has 1 aromatic heterocycles. The first-order valence-corrected chi connectivity index (χ1v) is 13.5. The number of methoxy groups -OCH3 is 1. The van der Waals surface area contributed by atoms with E-state index < -0.39 is 17.6 Å². The second-order valence-corrected chi connectivity index (χ2v) is 10.3. The van der Waals surface area contributed by atoms with Crippen LogP contribution in [0, 0.1) is 0 Å². The second-order valence-electron chi connectivity index (χ2n) is 10.3. The van der Waals surface area contributed by atoms with Gasteiger partial charge in [-0.15, -0.1) is 0 Å². The minimum absolute atomic E-state index is 0.0655. The third-order valence-electron chi connectivity index (χ3n) is 7.43. The fourth-order valence-electron chi connectivity index (χ4n) is 5.05. The monoisotopic (exact) mass is 584 g/mol. The van der Waals surface area contributed by atoms with E-state index in [1.807, 2.05) is 7.05 Å². The van der Waals surface area contributed by atoms with Gasteiger partial charge < -0.3 is 29.9 Å². The molecule has 2 aliphatic rings. The van der Waals surface area contributed by atoms with Gasteiger partial charge >= 0.3 is 6.18 Å². The second kappa shape index (κ2) is 11.8. The highest BCUT2D eigenvalue weighted by Crippen LogP contribution is 2.42. The molecule has 2 N–H and O–H groups in total. The largest absolute Gasteiger partial charge is 0.495 e. The van der Waals surface area contributed by atoms with Gasteiger partial charge in [0.1, 0.15) is 11.3 Å². The van der Waals surface area contributed by atoms with Crippen molar-refractivity contribution in [3.8, 4) is 17.4 Å². The molecule has 0 saturated carbocycles. The normalized spacial score (nSPS) is 16.1. The summed E-state index contributed by atoms with van der Waals surface area (Å²) < 4.78 is 52.9. The van der Waals surface area contributed by atoms with Gasteiger partial charge in [-0.2, -0.15) is 18.2 Å². The van der Waals surface area contributed by atoms with Gasteiger partial charge in [0.05, 0.1) is 18.5 Å². The lowest BCUT2D eigenvalue weighted by Crippen LogP contribution is -2.43. The van der Waals surface area contributed by atoms with Crippen LogP contribution in [-0.2, 0) is 17.4 Å². The van der Waals surface area contributed by atoms with Crippen LogP contribution in [0.15, 0.2) is 42.6 Å². The number of carbonyl (C=O) groups excluding carboxylic acids is 2. The third-order valence-corrected chi connectivity index (χ3v) is 7.43. The van der Waals surface area contributed by atoms with Crippen molar-refractivity contribution in [2.45, 2.75) is 37.9 Å². The highest BCUT2D eigenvalue weighted by molar-refractivity contribution is 5.97. The number of aromatic nitrogens is 2. The zero-order valence-corrected chi connectivity index (χ0v) is 23.4. The number of amides is 2. The Kier molecular flexibility index (Phi) is 8.21. The number of para-hydroxylation sites is 1. The van der Waals surface area contributed by atoms with Crippen molar-refractivity contribution in [3.63, 3.8) is 0 Å². The van der Waals surface area contributed by atoms with Gasteiger partial charge in [0.25, 0.3) is 5.91 Å². The lowest BCUT2D eigenvalue weighted by atomic mass is 10.0. The molecule has 5 rings (SSSR count). The predicted octanol–water partition coefficient (Wildman–Crippen LogP) is 4.77. The average Bonchev–Trinajstić information content (AvgIpc) is 2.96. The van der Waals surface area contributed by atoms with Crippen LogP contribution in [0.3, 0.4) is 0 Å². The molecular formula is C29H31F3N6O4. The Labute approximate surface area is 240 Å². The number of nitrogens with one attached hydrogen (secondary N) is 2. The lowest BCUT2D eigenvalue weighted by molar-refractivity contribution is -0.139. The quantitative estimate of drug-likeness (QED) is 0.409. The Morgan fingerprint density at radius 1 is 1.07 bits per heavy atom. The van der Waals surface area contributed by atoms with Gasteiger partial charge in [-0.05, 0) is 69.2 Å². The summed E-state index contributed by atoms with van der Waals surface area (Å²) in [5, 5.41) is 5.90. The van der Waals surface area contributed by atoms with E-state index in [-0.39, 0.29) is 35.3 Å². The molecule has 0 radical (unpaired) electrons. The maximum atomic E-state index is 13.9. The first kappa shape index (κ1) is 29.1. The number of rotatable bonds is 7. The van der Waals surface area contributed by atoms with E-state index in [4.69, 9.17) is 9.47 Å². The summed E-state index contributed by atoms with van der Waals surface area (Å²) in [6, 6.07) is 9.70. The third kappa shape index (κ3) is 6.25. The Bertz CT molecular complexity index is 1490. The summed E-state index contributed by atoms with van der Waals surface area (Å²) >= 11 is 0. The van der Waals surface area contributed by atoms with Crippen LogP contribution < -0.4 is 25.0 Å². The van der Waals surface area contributed by atoms with Crippen LogP contribution >= 0.6 is 0 Å². The number of piperidine rings is 1. The van der Waals surface area contributed by atoms with Crippen LogP contribution in [0.2, 0.25) is 0 Å². The summed E-state index contributed by atoms with van der Waals surface area (Å²) in [6.45, 7) is 1.80. The number of fused-ring (bicyclic) bond motifs is 1. The molecule has 13 heteroatoms. The van der Waals surface area contributed by atoms with E-state index in [1.54, 1.807) is 31.3 Å². The molecule has 1 saturated heterocycles. The number of hydrogen-bond donors (Lipinski definition) is 2. The average molecular weight is 585 g/mol. The number of nitrogens with zero attached hydrogens (tertiary/aromatic N) is 4. The van der Waals surface area contributed by atoms with Gasteiger partial charge in [0, 0.05) is 31.3 Å². The van der Waals surface area contributed by atoms with Gasteiger partial charge in [-0.25, -0.2) is 4.98 Å². The first-order chi connectivity index (χ1) is 20.0. The fraction of sp³-hybridized carbons (Fsp3) is 0.379. The summed E-state index contributed by atoms with van der Waals surface area (Å²) in [7, 11) is 5.01. The van der Waals surface area contributed by atoms with Crippen LogP contribution in [0.5, 0.6) is 17.4 Å². The highest BCUT2D eigenvalue weighted by Gasteiger charge is 2.37. The van der Waals surface area contributed by atoms with Crippen molar-refractivity contribution >= 4 is 29.1 Å². The summed E-state index contributed by atoms with van der Waals surface area (Å²) in [6.07, 6.45) is -1.72. The molecule has 0 bridgehead atoms. The van der Waals surface area contributed by atoms with Crippen LogP contribution in [0.4, 0.5) is 30.5 Å². The maximum absolute atomic E-state index is 13.9. The molecular weight excluding hydrogens is 553 g/mol. The number of benzene rings is 2. The van der Waals surface area contributed by atoms with E-state index in [9.17, 15) is 22.8 Å². The van der Waals surface area contributed by atoms with Gasteiger partial charge in [-0.3, -0.25) is 9.59 Å². The van der Waals surface area contributed by atoms with Crippen LogP contribution in [0.1, 0.15) is 40.7 Å². The van der Waals surface area contributed by atoms with E-state index in [0.29, 0.717) is 36.0 Å². The molecule has 3 heterocycles. The van der Waals surface area contributed by atoms with E-state index >= 15 is 0 Å². The molecule has 2 aliphatic heterocycles. The molecule has 2 aromatic carbocycles. The Morgan fingerprint density at radius 3 is 2.55 bits per heavy atom. The van der Waals surface area contributed by atoms with Crippen molar-refractivity contribution in [2.75, 3.05) is 44.5 Å². The van der Waals surface area contributed by atoms with Crippen molar-refractivity contribution in [1.29, 1.82) is 0 Å². The summed E-state index contributed by atoms with van der Waals surface area (Å²) in [4.78, 5) is 36.6. The molecule has 3 aromatic rings. The Hall–Kier alpha value is -4.39. The number of ether oxygens (including phenoxy) is 2.